The van der Waals surface area contributed by atoms with Crippen LogP contribution in [-0.2, 0) is 0 Å². The minimum absolute atomic E-state index is 0.0346. The second-order valence-corrected chi connectivity index (χ2v) is 4.33. The van der Waals surface area contributed by atoms with E-state index in [4.69, 9.17) is 4.74 Å². The van der Waals surface area contributed by atoms with E-state index in [1.54, 1.807) is 12.1 Å². The molecule has 1 aliphatic rings. The summed E-state index contributed by atoms with van der Waals surface area (Å²) in [7, 11) is 0. The van der Waals surface area contributed by atoms with Gasteiger partial charge in [-0.25, -0.2) is 4.39 Å². The summed E-state index contributed by atoms with van der Waals surface area (Å²) >= 11 is 0. The summed E-state index contributed by atoms with van der Waals surface area (Å²) in [6, 6.07) is 4.84. The Bertz CT molecular complexity index is 384. The number of hydrogen-bond acceptors (Lipinski definition) is 3. The highest BCUT2D eigenvalue weighted by Crippen LogP contribution is 2.26. The maximum Gasteiger partial charge on any atom is 0.167 e. The molecule has 17 heavy (non-hydrogen) atoms. The van der Waals surface area contributed by atoms with E-state index in [-0.39, 0.29) is 23.7 Å². The molecule has 0 radical (unpaired) electrons. The van der Waals surface area contributed by atoms with Crippen LogP contribution in [0.5, 0.6) is 5.75 Å². The van der Waals surface area contributed by atoms with Crippen molar-refractivity contribution in [3.63, 3.8) is 0 Å². The molecule has 0 amide bonds. The molecule has 4 heteroatoms. The van der Waals surface area contributed by atoms with Crippen molar-refractivity contribution in [3.8, 4) is 5.75 Å². The van der Waals surface area contributed by atoms with Gasteiger partial charge in [-0.05, 0) is 38.3 Å². The van der Waals surface area contributed by atoms with Crippen molar-refractivity contribution in [3.05, 3.63) is 24.0 Å². The Morgan fingerprint density at radius 2 is 2.29 bits per heavy atom. The van der Waals surface area contributed by atoms with Gasteiger partial charge >= 0.3 is 0 Å². The van der Waals surface area contributed by atoms with Gasteiger partial charge in [0.15, 0.2) is 11.6 Å². The van der Waals surface area contributed by atoms with E-state index in [2.05, 4.69) is 5.32 Å². The summed E-state index contributed by atoms with van der Waals surface area (Å²) in [6.45, 7) is 2.27. The summed E-state index contributed by atoms with van der Waals surface area (Å²) in [5, 5.41) is 12.8. The van der Waals surface area contributed by atoms with E-state index >= 15 is 0 Å². The van der Waals surface area contributed by atoms with Crippen LogP contribution in [0.15, 0.2) is 18.2 Å². The van der Waals surface area contributed by atoms with Crippen molar-refractivity contribution in [1.29, 1.82) is 0 Å². The molecular weight excluding hydrogens is 221 g/mol. The first-order valence-electron chi connectivity index (χ1n) is 6.07. The van der Waals surface area contributed by atoms with Crippen molar-refractivity contribution in [2.75, 3.05) is 11.9 Å². The van der Waals surface area contributed by atoms with Gasteiger partial charge in [-0.3, -0.25) is 0 Å². The molecule has 2 rings (SSSR count). The summed E-state index contributed by atoms with van der Waals surface area (Å²) in [4.78, 5) is 0. The SMILES string of the molecule is CCOc1ccc(NC2CCCC2O)cc1F. The maximum absolute atomic E-state index is 13.6. The van der Waals surface area contributed by atoms with Gasteiger partial charge in [0.25, 0.3) is 0 Å². The zero-order valence-corrected chi connectivity index (χ0v) is 9.95. The molecule has 1 fully saturated rings. The molecule has 0 saturated heterocycles. The first kappa shape index (κ1) is 12.2. The van der Waals surface area contributed by atoms with Gasteiger partial charge in [-0.1, -0.05) is 0 Å². The molecule has 1 aromatic carbocycles. The molecule has 0 aliphatic heterocycles. The van der Waals surface area contributed by atoms with Gasteiger partial charge in [-0.2, -0.15) is 0 Å². The standard InChI is InChI=1S/C13H18FNO2/c1-2-17-13-7-6-9(8-10(13)14)15-11-4-3-5-12(11)16/h6-8,11-12,15-16H,2-5H2,1H3. The Hall–Kier alpha value is -1.29. The Morgan fingerprint density at radius 3 is 2.88 bits per heavy atom. The lowest BCUT2D eigenvalue weighted by atomic mass is 10.2. The highest BCUT2D eigenvalue weighted by Gasteiger charge is 2.24. The van der Waals surface area contributed by atoms with Crippen LogP contribution < -0.4 is 10.1 Å². The number of halogens is 1. The average Bonchev–Trinajstić information content (AvgIpc) is 2.69. The van der Waals surface area contributed by atoms with Crippen molar-refractivity contribution in [2.45, 2.75) is 38.3 Å². The molecule has 1 aliphatic carbocycles. The van der Waals surface area contributed by atoms with E-state index in [1.807, 2.05) is 6.92 Å². The van der Waals surface area contributed by atoms with E-state index in [9.17, 15) is 9.50 Å². The highest BCUT2D eigenvalue weighted by molar-refractivity contribution is 5.48. The zero-order chi connectivity index (χ0) is 12.3. The van der Waals surface area contributed by atoms with Crippen molar-refractivity contribution < 1.29 is 14.2 Å². The van der Waals surface area contributed by atoms with Crippen LogP contribution in [-0.4, -0.2) is 23.9 Å². The van der Waals surface area contributed by atoms with E-state index in [1.165, 1.54) is 6.07 Å². The van der Waals surface area contributed by atoms with Crippen molar-refractivity contribution >= 4 is 5.69 Å². The third kappa shape index (κ3) is 2.88. The highest BCUT2D eigenvalue weighted by atomic mass is 19.1. The summed E-state index contributed by atoms with van der Waals surface area (Å²) < 4.78 is 18.7. The van der Waals surface area contributed by atoms with E-state index < -0.39 is 0 Å². The molecule has 0 aromatic heterocycles. The fraction of sp³-hybridized carbons (Fsp3) is 0.538. The van der Waals surface area contributed by atoms with Gasteiger partial charge in [0.2, 0.25) is 0 Å². The van der Waals surface area contributed by atoms with Gasteiger partial charge in [0.1, 0.15) is 0 Å². The normalized spacial score (nSPS) is 23.7. The average molecular weight is 239 g/mol. The number of aliphatic hydroxyl groups is 1. The fourth-order valence-electron chi connectivity index (χ4n) is 2.19. The lowest BCUT2D eigenvalue weighted by Crippen LogP contribution is -2.27. The molecule has 2 unspecified atom stereocenters. The third-order valence-corrected chi connectivity index (χ3v) is 3.06. The summed E-state index contributed by atoms with van der Waals surface area (Å²) in [6.07, 6.45) is 2.43. The van der Waals surface area contributed by atoms with E-state index in [0.29, 0.717) is 12.3 Å². The second kappa shape index (κ2) is 5.36. The minimum Gasteiger partial charge on any atom is -0.491 e. The lowest BCUT2D eigenvalue weighted by molar-refractivity contribution is 0.172. The van der Waals surface area contributed by atoms with Gasteiger partial charge in [0, 0.05) is 11.8 Å². The predicted molar refractivity (Wildman–Crippen MR) is 64.8 cm³/mol. The Balaban J connectivity index is 2.04. The number of benzene rings is 1. The quantitative estimate of drug-likeness (QED) is 0.848. The van der Waals surface area contributed by atoms with Crippen LogP contribution in [0, 0.1) is 5.82 Å². The van der Waals surface area contributed by atoms with Crippen LogP contribution in [0.3, 0.4) is 0 Å². The maximum atomic E-state index is 13.6. The topological polar surface area (TPSA) is 41.5 Å². The molecule has 0 spiro atoms. The second-order valence-electron chi connectivity index (χ2n) is 4.33. The van der Waals surface area contributed by atoms with Crippen molar-refractivity contribution in [2.24, 2.45) is 0 Å². The van der Waals surface area contributed by atoms with Gasteiger partial charge in [-0.15, -0.1) is 0 Å². The van der Waals surface area contributed by atoms with Crippen LogP contribution in [0.1, 0.15) is 26.2 Å². The summed E-state index contributed by atoms with van der Waals surface area (Å²) in [5.74, 6) is -0.102. The molecule has 1 aromatic rings. The Morgan fingerprint density at radius 1 is 1.47 bits per heavy atom. The predicted octanol–water partition coefficient (Wildman–Crippen LogP) is 2.55. The third-order valence-electron chi connectivity index (χ3n) is 3.06. The number of nitrogens with one attached hydrogen (secondary N) is 1. The van der Waals surface area contributed by atoms with Crippen molar-refractivity contribution in [1.82, 2.24) is 0 Å². The molecular formula is C13H18FNO2. The first-order valence-corrected chi connectivity index (χ1v) is 6.07. The zero-order valence-electron chi connectivity index (χ0n) is 9.95. The number of ether oxygens (including phenoxy) is 1. The Labute approximate surface area is 101 Å². The minimum atomic E-state index is -0.371. The number of hydrogen-bond donors (Lipinski definition) is 2. The smallest absolute Gasteiger partial charge is 0.167 e. The molecule has 2 N–H and O–H groups in total. The fourth-order valence-corrected chi connectivity index (χ4v) is 2.19. The molecule has 0 bridgehead atoms. The molecule has 1 saturated carbocycles. The van der Waals surface area contributed by atoms with Gasteiger partial charge < -0.3 is 15.2 Å². The van der Waals surface area contributed by atoms with Crippen LogP contribution in [0.2, 0.25) is 0 Å². The van der Waals surface area contributed by atoms with Crippen LogP contribution in [0.25, 0.3) is 0 Å². The molecule has 3 nitrogen and oxygen atoms in total. The summed E-state index contributed by atoms with van der Waals surface area (Å²) in [5.41, 5.74) is 0.692. The Kier molecular flexibility index (Phi) is 3.84. The lowest BCUT2D eigenvalue weighted by Gasteiger charge is -2.18. The largest absolute Gasteiger partial charge is 0.491 e. The van der Waals surface area contributed by atoms with Crippen LogP contribution in [0.4, 0.5) is 10.1 Å². The number of rotatable bonds is 4. The number of anilines is 1. The molecule has 94 valence electrons. The monoisotopic (exact) mass is 239 g/mol. The molecule has 0 heterocycles. The number of aliphatic hydroxyl groups excluding tert-OH is 1. The van der Waals surface area contributed by atoms with E-state index in [0.717, 1.165) is 19.3 Å². The molecule has 2 atom stereocenters. The van der Waals surface area contributed by atoms with Gasteiger partial charge in [0.05, 0.1) is 18.8 Å². The first-order chi connectivity index (χ1) is 8.20. The van der Waals surface area contributed by atoms with Crippen LogP contribution >= 0.6 is 0 Å².